The fraction of sp³-hybridized carbons (Fsp3) is 0.571. The van der Waals surface area contributed by atoms with Gasteiger partial charge in [-0.05, 0) is 0 Å². The molecule has 0 fully saturated rings. The van der Waals surface area contributed by atoms with Gasteiger partial charge >= 0.3 is 12.4 Å². The zero-order valence-corrected chi connectivity index (χ0v) is 6.54. The third-order valence-electron chi connectivity index (χ3n) is 1.25. The fourth-order valence-electron chi connectivity index (χ4n) is 0.753. The molecule has 0 heterocycles. The second-order valence-electron chi connectivity index (χ2n) is 2.36. The van der Waals surface area contributed by atoms with Crippen LogP contribution in [-0.4, -0.2) is 18.1 Å². The van der Waals surface area contributed by atoms with Gasteiger partial charge < -0.3 is 0 Å². The van der Waals surface area contributed by atoms with Crippen LogP contribution in [0.3, 0.4) is 0 Å². The summed E-state index contributed by atoms with van der Waals surface area (Å²) in [7, 11) is 0. The standard InChI is InChI=1S/C7H4F6O/c1-2-3-4(14)5(6(8,9)10)7(11,12)13/h1,5H,3H2. The molecule has 0 atom stereocenters. The quantitative estimate of drug-likeness (QED) is 0.513. The van der Waals surface area contributed by atoms with Gasteiger partial charge in [0.15, 0.2) is 5.78 Å². The second-order valence-corrected chi connectivity index (χ2v) is 2.36. The van der Waals surface area contributed by atoms with E-state index >= 15 is 0 Å². The zero-order valence-electron chi connectivity index (χ0n) is 6.54. The fourth-order valence-corrected chi connectivity index (χ4v) is 0.753. The van der Waals surface area contributed by atoms with Gasteiger partial charge in [-0.25, -0.2) is 0 Å². The smallest absolute Gasteiger partial charge is 0.298 e. The van der Waals surface area contributed by atoms with Crippen molar-refractivity contribution >= 4 is 5.78 Å². The van der Waals surface area contributed by atoms with Crippen molar-refractivity contribution in [1.29, 1.82) is 0 Å². The van der Waals surface area contributed by atoms with Gasteiger partial charge in [0.1, 0.15) is 0 Å². The molecule has 0 N–H and O–H groups in total. The average molecular weight is 218 g/mol. The summed E-state index contributed by atoms with van der Waals surface area (Å²) in [4.78, 5) is 10.5. The second kappa shape index (κ2) is 3.90. The molecule has 0 unspecified atom stereocenters. The van der Waals surface area contributed by atoms with Crippen molar-refractivity contribution in [3.8, 4) is 12.3 Å². The zero-order chi connectivity index (χ0) is 11.6. The molecule has 0 aliphatic carbocycles. The molecule has 0 aliphatic rings. The Hall–Kier alpha value is -1.19. The number of carbonyl (C=O) groups is 1. The Balaban J connectivity index is 4.96. The molecule has 0 amide bonds. The Labute approximate surface area is 75.1 Å². The van der Waals surface area contributed by atoms with Crippen molar-refractivity contribution in [2.75, 3.05) is 0 Å². The molecule has 0 saturated carbocycles. The SMILES string of the molecule is C#CCC(=O)C(C(F)(F)F)C(F)(F)F. The van der Waals surface area contributed by atoms with Gasteiger partial charge in [0, 0.05) is 0 Å². The molecule has 0 bridgehead atoms. The topological polar surface area (TPSA) is 17.1 Å². The number of hydrogen-bond donors (Lipinski definition) is 0. The van der Waals surface area contributed by atoms with Crippen LogP contribution >= 0.6 is 0 Å². The third-order valence-corrected chi connectivity index (χ3v) is 1.25. The highest BCUT2D eigenvalue weighted by molar-refractivity contribution is 5.84. The number of hydrogen-bond acceptors (Lipinski definition) is 1. The summed E-state index contributed by atoms with van der Waals surface area (Å²) in [5, 5.41) is 0. The van der Waals surface area contributed by atoms with Crippen molar-refractivity contribution in [3.63, 3.8) is 0 Å². The highest BCUT2D eigenvalue weighted by Crippen LogP contribution is 2.40. The molecule has 7 heteroatoms. The Bertz CT molecular complexity index is 241. The van der Waals surface area contributed by atoms with Gasteiger partial charge in [-0.15, -0.1) is 6.42 Å². The number of alkyl halides is 6. The Kier molecular flexibility index (Phi) is 3.57. The third kappa shape index (κ3) is 3.28. The molecule has 0 aromatic heterocycles. The highest BCUT2D eigenvalue weighted by atomic mass is 19.4. The van der Waals surface area contributed by atoms with E-state index in [4.69, 9.17) is 0 Å². The Morgan fingerprint density at radius 2 is 1.50 bits per heavy atom. The lowest BCUT2D eigenvalue weighted by molar-refractivity contribution is -0.273. The van der Waals surface area contributed by atoms with Crippen LogP contribution in [0.15, 0.2) is 0 Å². The van der Waals surface area contributed by atoms with Crippen LogP contribution in [0, 0.1) is 18.3 Å². The molecule has 0 saturated heterocycles. The van der Waals surface area contributed by atoms with Crippen molar-refractivity contribution < 1.29 is 31.1 Å². The molecule has 0 aromatic carbocycles. The molecule has 1 nitrogen and oxygen atoms in total. The van der Waals surface area contributed by atoms with Crippen LogP contribution in [0.5, 0.6) is 0 Å². The Morgan fingerprint density at radius 3 is 1.71 bits per heavy atom. The van der Waals surface area contributed by atoms with Gasteiger partial charge in [-0.1, -0.05) is 5.92 Å². The normalized spacial score (nSPS) is 12.7. The van der Waals surface area contributed by atoms with Gasteiger partial charge in [0.2, 0.25) is 5.92 Å². The van der Waals surface area contributed by atoms with Crippen LogP contribution < -0.4 is 0 Å². The van der Waals surface area contributed by atoms with Gasteiger partial charge in [0.25, 0.3) is 0 Å². The molecule has 0 radical (unpaired) electrons. The lowest BCUT2D eigenvalue weighted by Crippen LogP contribution is -2.42. The van der Waals surface area contributed by atoms with Crippen molar-refractivity contribution in [1.82, 2.24) is 0 Å². The first kappa shape index (κ1) is 12.8. The van der Waals surface area contributed by atoms with E-state index in [1.54, 1.807) is 0 Å². The Morgan fingerprint density at radius 1 is 1.14 bits per heavy atom. The molecule has 0 rings (SSSR count). The maximum absolute atomic E-state index is 11.8. The first-order chi connectivity index (χ1) is 6.10. The highest BCUT2D eigenvalue weighted by Gasteiger charge is 2.60. The molecule has 0 spiro atoms. The number of ketones is 1. The average Bonchev–Trinajstić information content (AvgIpc) is 1.78. The minimum Gasteiger partial charge on any atom is -0.298 e. The van der Waals surface area contributed by atoms with Crippen LogP contribution in [0.1, 0.15) is 6.42 Å². The first-order valence-electron chi connectivity index (χ1n) is 3.20. The first-order valence-corrected chi connectivity index (χ1v) is 3.20. The monoisotopic (exact) mass is 218 g/mol. The predicted molar refractivity (Wildman–Crippen MR) is 34.1 cm³/mol. The lowest BCUT2D eigenvalue weighted by Gasteiger charge is -2.20. The van der Waals surface area contributed by atoms with E-state index in [1.165, 1.54) is 5.92 Å². The number of rotatable bonds is 2. The molecule has 14 heavy (non-hydrogen) atoms. The number of halogens is 6. The minimum absolute atomic E-state index is 1.19. The lowest BCUT2D eigenvalue weighted by atomic mass is 10.0. The molecule has 0 aromatic rings. The molecule has 80 valence electrons. The van der Waals surface area contributed by atoms with E-state index in [9.17, 15) is 31.1 Å². The van der Waals surface area contributed by atoms with E-state index in [0.717, 1.165) is 0 Å². The number of terminal acetylenes is 1. The molecule has 0 aliphatic heterocycles. The van der Waals surface area contributed by atoms with E-state index < -0.39 is 30.5 Å². The van der Waals surface area contributed by atoms with E-state index in [1.807, 2.05) is 0 Å². The molecular formula is C7H4F6O. The van der Waals surface area contributed by atoms with E-state index in [2.05, 4.69) is 6.42 Å². The number of carbonyl (C=O) groups excluding carboxylic acids is 1. The maximum atomic E-state index is 11.8. The summed E-state index contributed by atoms with van der Waals surface area (Å²) in [5.74, 6) is -4.60. The van der Waals surface area contributed by atoms with Gasteiger partial charge in [-0.2, -0.15) is 26.3 Å². The van der Waals surface area contributed by atoms with E-state index in [0.29, 0.717) is 0 Å². The van der Waals surface area contributed by atoms with Crippen LogP contribution in [0.2, 0.25) is 0 Å². The summed E-state index contributed by atoms with van der Waals surface area (Å²) in [5.41, 5.74) is 0. The largest absolute Gasteiger partial charge is 0.407 e. The van der Waals surface area contributed by atoms with Crippen LogP contribution in [-0.2, 0) is 4.79 Å². The summed E-state index contributed by atoms with van der Waals surface area (Å²) >= 11 is 0. The minimum atomic E-state index is -5.65. The van der Waals surface area contributed by atoms with Crippen molar-refractivity contribution in [2.45, 2.75) is 18.8 Å². The van der Waals surface area contributed by atoms with E-state index in [-0.39, 0.29) is 0 Å². The van der Waals surface area contributed by atoms with Crippen LogP contribution in [0.4, 0.5) is 26.3 Å². The molecular weight excluding hydrogens is 214 g/mol. The van der Waals surface area contributed by atoms with Gasteiger partial charge in [0.05, 0.1) is 6.42 Å². The van der Waals surface area contributed by atoms with Crippen molar-refractivity contribution in [3.05, 3.63) is 0 Å². The summed E-state index contributed by atoms with van der Waals surface area (Å²) in [6.45, 7) is 0. The van der Waals surface area contributed by atoms with Crippen LogP contribution in [0.25, 0.3) is 0 Å². The van der Waals surface area contributed by atoms with Gasteiger partial charge in [-0.3, -0.25) is 4.79 Å². The maximum Gasteiger partial charge on any atom is 0.407 e. The number of Topliss-reactive ketones (excluding diaryl/α,β-unsaturated/α-hetero) is 1. The predicted octanol–water partition coefficient (Wildman–Crippen LogP) is 2.32. The summed E-state index contributed by atoms with van der Waals surface area (Å²) in [6, 6.07) is 0. The van der Waals surface area contributed by atoms with Crippen molar-refractivity contribution in [2.24, 2.45) is 5.92 Å². The summed E-state index contributed by atoms with van der Waals surface area (Å²) < 4.78 is 70.7. The summed E-state index contributed by atoms with van der Waals surface area (Å²) in [6.07, 6.45) is -8.04.